The molecule has 0 saturated carbocycles. The second-order valence-corrected chi connectivity index (χ2v) is 2.16. The molecule has 1 heterocycles. The number of carbonyl (C=O) groups is 1. The largest absolute Gasteiger partial charge is 0.368 e. The second-order valence-electron chi connectivity index (χ2n) is 2.16. The Hall–Kier alpha value is -1.42. The van der Waals surface area contributed by atoms with Crippen molar-refractivity contribution in [2.45, 2.75) is 6.04 Å². The molecule has 0 saturated heterocycles. The van der Waals surface area contributed by atoms with Crippen LogP contribution in [0.1, 0.15) is 11.6 Å². The lowest BCUT2D eigenvalue weighted by Crippen LogP contribution is -2.28. The molecule has 0 aliphatic carbocycles. The van der Waals surface area contributed by atoms with Gasteiger partial charge in [0, 0.05) is 12.4 Å². The molecule has 0 aromatic carbocycles. The Kier molecular flexibility index (Phi) is 2.18. The Morgan fingerprint density at radius 1 is 1.45 bits per heavy atom. The van der Waals surface area contributed by atoms with Gasteiger partial charge in [-0.2, -0.15) is 0 Å². The van der Waals surface area contributed by atoms with Crippen molar-refractivity contribution in [2.75, 3.05) is 0 Å². The minimum atomic E-state index is -0.724. The van der Waals surface area contributed by atoms with Gasteiger partial charge in [-0.05, 0) is 17.7 Å². The van der Waals surface area contributed by atoms with Gasteiger partial charge in [0.15, 0.2) is 0 Å². The molecule has 0 aliphatic heterocycles. The smallest absolute Gasteiger partial charge is 0.238 e. The Balaban J connectivity index is 2.85. The molecule has 1 aromatic heterocycles. The predicted octanol–water partition coefficient (Wildman–Crippen LogP) is -0.433. The standard InChI is InChI=1S/C7H9N3O/c8-6(7(9)11)5-1-3-10-4-2-5/h1-4,6H,8H2,(H2,9,11)/t6-/m0/s1. The van der Waals surface area contributed by atoms with Gasteiger partial charge in [0.1, 0.15) is 6.04 Å². The van der Waals surface area contributed by atoms with E-state index < -0.39 is 11.9 Å². The van der Waals surface area contributed by atoms with Crippen molar-refractivity contribution in [2.24, 2.45) is 11.5 Å². The summed E-state index contributed by atoms with van der Waals surface area (Å²) in [4.78, 5) is 14.4. The molecule has 1 amide bonds. The molecule has 11 heavy (non-hydrogen) atoms. The SMILES string of the molecule is NC(=O)[C@@H](N)c1ccncc1. The summed E-state index contributed by atoms with van der Waals surface area (Å²) in [5.41, 5.74) is 11.1. The van der Waals surface area contributed by atoms with Gasteiger partial charge < -0.3 is 11.5 Å². The minimum absolute atomic E-state index is 0.531. The Bertz CT molecular complexity index is 247. The average molecular weight is 151 g/mol. The summed E-state index contributed by atoms with van der Waals surface area (Å²) in [6.45, 7) is 0. The quantitative estimate of drug-likeness (QED) is 0.601. The maximum absolute atomic E-state index is 10.6. The fourth-order valence-electron chi connectivity index (χ4n) is 0.735. The number of amides is 1. The second kappa shape index (κ2) is 3.12. The number of carbonyl (C=O) groups excluding carboxylic acids is 1. The van der Waals surface area contributed by atoms with Gasteiger partial charge >= 0.3 is 0 Å². The molecule has 0 spiro atoms. The van der Waals surface area contributed by atoms with Crippen LogP contribution < -0.4 is 11.5 Å². The van der Waals surface area contributed by atoms with E-state index in [1.54, 1.807) is 24.5 Å². The fraction of sp³-hybridized carbons (Fsp3) is 0.143. The van der Waals surface area contributed by atoms with Crippen LogP contribution >= 0.6 is 0 Å². The maximum atomic E-state index is 10.6. The number of hydrogen-bond donors (Lipinski definition) is 2. The van der Waals surface area contributed by atoms with Crippen LogP contribution in [0.5, 0.6) is 0 Å². The lowest BCUT2D eigenvalue weighted by molar-refractivity contribution is -0.119. The highest BCUT2D eigenvalue weighted by Crippen LogP contribution is 2.06. The fourth-order valence-corrected chi connectivity index (χ4v) is 0.735. The molecular formula is C7H9N3O. The van der Waals surface area contributed by atoms with E-state index in [2.05, 4.69) is 4.98 Å². The van der Waals surface area contributed by atoms with E-state index in [1.165, 1.54) is 0 Å². The van der Waals surface area contributed by atoms with Gasteiger partial charge in [-0.15, -0.1) is 0 Å². The van der Waals surface area contributed by atoms with Crippen LogP contribution in [-0.2, 0) is 4.79 Å². The van der Waals surface area contributed by atoms with Gasteiger partial charge in [0.05, 0.1) is 0 Å². The molecular weight excluding hydrogens is 142 g/mol. The van der Waals surface area contributed by atoms with Crippen molar-refractivity contribution in [3.63, 3.8) is 0 Å². The first-order valence-corrected chi connectivity index (χ1v) is 3.16. The van der Waals surface area contributed by atoms with Crippen LogP contribution in [-0.4, -0.2) is 10.9 Å². The number of rotatable bonds is 2. The normalized spacial score (nSPS) is 12.5. The highest BCUT2D eigenvalue weighted by Gasteiger charge is 2.10. The lowest BCUT2D eigenvalue weighted by Gasteiger charge is -2.05. The summed E-state index contributed by atoms with van der Waals surface area (Å²) in [7, 11) is 0. The van der Waals surface area contributed by atoms with E-state index in [1.807, 2.05) is 0 Å². The van der Waals surface area contributed by atoms with Crippen LogP contribution in [0.3, 0.4) is 0 Å². The lowest BCUT2D eigenvalue weighted by atomic mass is 10.1. The Labute approximate surface area is 64.2 Å². The summed E-state index contributed by atoms with van der Waals surface area (Å²) < 4.78 is 0. The van der Waals surface area contributed by atoms with Crippen molar-refractivity contribution >= 4 is 5.91 Å². The number of aromatic nitrogens is 1. The van der Waals surface area contributed by atoms with Gasteiger partial charge in [0.2, 0.25) is 5.91 Å². The van der Waals surface area contributed by atoms with Crippen molar-refractivity contribution in [3.8, 4) is 0 Å². The van der Waals surface area contributed by atoms with Gasteiger partial charge in [-0.3, -0.25) is 9.78 Å². The number of nitrogens with zero attached hydrogens (tertiary/aromatic N) is 1. The molecule has 1 aromatic rings. The summed E-state index contributed by atoms with van der Waals surface area (Å²) in [5.74, 6) is -0.531. The Morgan fingerprint density at radius 2 is 2.00 bits per heavy atom. The van der Waals surface area contributed by atoms with Gasteiger partial charge in [0.25, 0.3) is 0 Å². The number of hydrogen-bond acceptors (Lipinski definition) is 3. The molecule has 0 bridgehead atoms. The first-order chi connectivity index (χ1) is 5.22. The van der Waals surface area contributed by atoms with E-state index in [0.29, 0.717) is 5.56 Å². The molecule has 58 valence electrons. The topological polar surface area (TPSA) is 82.0 Å². The zero-order valence-electron chi connectivity index (χ0n) is 5.90. The zero-order valence-corrected chi connectivity index (χ0v) is 5.90. The Morgan fingerprint density at radius 3 is 2.45 bits per heavy atom. The summed E-state index contributed by atoms with van der Waals surface area (Å²) in [6.07, 6.45) is 3.14. The summed E-state index contributed by atoms with van der Waals surface area (Å²) in [6, 6.07) is 2.60. The molecule has 4 N–H and O–H groups in total. The van der Waals surface area contributed by atoms with E-state index in [4.69, 9.17) is 11.5 Å². The summed E-state index contributed by atoms with van der Waals surface area (Å²) in [5, 5.41) is 0. The molecule has 1 rings (SSSR count). The number of nitrogens with two attached hydrogens (primary N) is 2. The molecule has 0 aliphatic rings. The monoisotopic (exact) mass is 151 g/mol. The number of primary amides is 1. The molecule has 0 unspecified atom stereocenters. The van der Waals surface area contributed by atoms with Gasteiger partial charge in [-0.25, -0.2) is 0 Å². The predicted molar refractivity (Wildman–Crippen MR) is 40.4 cm³/mol. The third-order valence-electron chi connectivity index (χ3n) is 1.37. The van der Waals surface area contributed by atoms with E-state index in [9.17, 15) is 4.79 Å². The van der Waals surface area contributed by atoms with Crippen LogP contribution in [0.2, 0.25) is 0 Å². The van der Waals surface area contributed by atoms with Crippen molar-refractivity contribution in [1.82, 2.24) is 4.98 Å². The third kappa shape index (κ3) is 1.75. The van der Waals surface area contributed by atoms with Crippen molar-refractivity contribution in [1.29, 1.82) is 0 Å². The molecule has 1 atom stereocenters. The maximum Gasteiger partial charge on any atom is 0.238 e. The average Bonchev–Trinajstić information content (AvgIpc) is 2.05. The van der Waals surface area contributed by atoms with Crippen LogP contribution in [0, 0.1) is 0 Å². The van der Waals surface area contributed by atoms with Gasteiger partial charge in [-0.1, -0.05) is 0 Å². The highest BCUT2D eigenvalue weighted by atomic mass is 16.1. The highest BCUT2D eigenvalue weighted by molar-refractivity contribution is 5.81. The van der Waals surface area contributed by atoms with Crippen molar-refractivity contribution in [3.05, 3.63) is 30.1 Å². The van der Waals surface area contributed by atoms with E-state index in [-0.39, 0.29) is 0 Å². The van der Waals surface area contributed by atoms with E-state index >= 15 is 0 Å². The van der Waals surface area contributed by atoms with Crippen molar-refractivity contribution < 1.29 is 4.79 Å². The first-order valence-electron chi connectivity index (χ1n) is 3.16. The van der Waals surface area contributed by atoms with Crippen LogP contribution in [0.4, 0.5) is 0 Å². The molecule has 0 radical (unpaired) electrons. The van der Waals surface area contributed by atoms with Crippen LogP contribution in [0.25, 0.3) is 0 Å². The molecule has 4 nitrogen and oxygen atoms in total. The first kappa shape index (κ1) is 7.68. The molecule has 0 fully saturated rings. The van der Waals surface area contributed by atoms with E-state index in [0.717, 1.165) is 0 Å². The zero-order chi connectivity index (χ0) is 8.27. The summed E-state index contributed by atoms with van der Waals surface area (Å²) >= 11 is 0. The van der Waals surface area contributed by atoms with Crippen LogP contribution in [0.15, 0.2) is 24.5 Å². The molecule has 4 heteroatoms. The number of pyridine rings is 1. The third-order valence-corrected chi connectivity index (χ3v) is 1.37. The minimum Gasteiger partial charge on any atom is -0.368 e.